The molecule has 2 aromatic heterocycles. The van der Waals surface area contributed by atoms with Crippen molar-refractivity contribution < 1.29 is 0 Å². The van der Waals surface area contributed by atoms with Gasteiger partial charge in [-0.3, -0.25) is 9.97 Å². The van der Waals surface area contributed by atoms with Crippen molar-refractivity contribution in [2.45, 2.75) is 32.1 Å². The Morgan fingerprint density at radius 1 is 0.480 bits per heavy atom. The fourth-order valence-electron chi connectivity index (χ4n) is 3.28. The largest absolute Gasteiger partial charge is 0.253 e. The SMILES string of the molecule is c1ccc2nc(CCCCCc3ccc4ccccc4n3)ccc2c1. The predicted molar refractivity (Wildman–Crippen MR) is 105 cm³/mol. The summed E-state index contributed by atoms with van der Waals surface area (Å²) in [5, 5.41) is 2.43. The molecule has 0 bridgehead atoms. The van der Waals surface area contributed by atoms with Crippen molar-refractivity contribution in [1.29, 1.82) is 0 Å². The normalized spacial score (nSPS) is 11.2. The molecule has 2 heterocycles. The van der Waals surface area contributed by atoms with Crippen LogP contribution >= 0.6 is 0 Å². The number of aromatic nitrogens is 2. The summed E-state index contributed by atoms with van der Waals surface area (Å²) >= 11 is 0. The number of para-hydroxylation sites is 2. The molecule has 25 heavy (non-hydrogen) atoms. The summed E-state index contributed by atoms with van der Waals surface area (Å²) in [6, 6.07) is 25.3. The highest BCUT2D eigenvalue weighted by Gasteiger charge is 2.01. The van der Waals surface area contributed by atoms with Crippen molar-refractivity contribution in [3.05, 3.63) is 84.2 Å². The Balaban J connectivity index is 1.28. The molecule has 0 radical (unpaired) electrons. The molecule has 2 heteroatoms. The summed E-state index contributed by atoms with van der Waals surface area (Å²) in [6.07, 6.45) is 5.67. The number of pyridine rings is 2. The second-order valence-corrected chi connectivity index (χ2v) is 6.55. The van der Waals surface area contributed by atoms with Crippen LogP contribution in [0.25, 0.3) is 21.8 Å². The molecule has 0 unspecified atom stereocenters. The van der Waals surface area contributed by atoms with Crippen LogP contribution in [0.4, 0.5) is 0 Å². The Kier molecular flexibility index (Phi) is 4.69. The minimum atomic E-state index is 1.05. The molecule has 2 nitrogen and oxygen atoms in total. The molecule has 0 spiro atoms. The second-order valence-electron chi connectivity index (χ2n) is 6.55. The van der Waals surface area contributed by atoms with E-state index in [9.17, 15) is 0 Å². The van der Waals surface area contributed by atoms with Crippen LogP contribution in [0.15, 0.2) is 72.8 Å². The van der Waals surface area contributed by atoms with Gasteiger partial charge in [-0.05, 0) is 49.9 Å². The summed E-state index contributed by atoms with van der Waals surface area (Å²) in [6.45, 7) is 0. The third kappa shape index (κ3) is 3.85. The Bertz CT molecular complexity index is 910. The minimum Gasteiger partial charge on any atom is -0.253 e. The summed E-state index contributed by atoms with van der Waals surface area (Å²) in [7, 11) is 0. The quantitative estimate of drug-likeness (QED) is 0.422. The third-order valence-corrected chi connectivity index (χ3v) is 4.68. The van der Waals surface area contributed by atoms with Gasteiger partial charge in [-0.2, -0.15) is 0 Å². The van der Waals surface area contributed by atoms with Crippen LogP contribution in [0.5, 0.6) is 0 Å². The van der Waals surface area contributed by atoms with Crippen LogP contribution in [0.1, 0.15) is 30.7 Å². The van der Waals surface area contributed by atoms with Gasteiger partial charge < -0.3 is 0 Å². The molecule has 2 aromatic carbocycles. The zero-order valence-corrected chi connectivity index (χ0v) is 14.4. The van der Waals surface area contributed by atoms with Crippen LogP contribution in [-0.2, 0) is 12.8 Å². The lowest BCUT2D eigenvalue weighted by Gasteiger charge is -2.05. The number of hydrogen-bond donors (Lipinski definition) is 0. The Morgan fingerprint density at radius 3 is 1.48 bits per heavy atom. The smallest absolute Gasteiger partial charge is 0.0705 e. The van der Waals surface area contributed by atoms with Crippen molar-refractivity contribution in [1.82, 2.24) is 9.97 Å². The summed E-state index contributed by atoms with van der Waals surface area (Å²) in [5.41, 5.74) is 4.59. The van der Waals surface area contributed by atoms with E-state index in [2.05, 4.69) is 72.8 Å². The van der Waals surface area contributed by atoms with E-state index in [4.69, 9.17) is 9.97 Å². The van der Waals surface area contributed by atoms with Gasteiger partial charge in [-0.25, -0.2) is 0 Å². The molecular weight excluding hydrogens is 304 g/mol. The maximum atomic E-state index is 4.75. The van der Waals surface area contributed by atoms with Crippen LogP contribution in [0.3, 0.4) is 0 Å². The van der Waals surface area contributed by atoms with E-state index in [1.165, 1.54) is 41.4 Å². The minimum absolute atomic E-state index is 1.05. The van der Waals surface area contributed by atoms with Gasteiger partial charge in [0.25, 0.3) is 0 Å². The van der Waals surface area contributed by atoms with E-state index in [0.29, 0.717) is 0 Å². The molecule has 0 saturated heterocycles. The molecule has 124 valence electrons. The monoisotopic (exact) mass is 326 g/mol. The summed E-state index contributed by atoms with van der Waals surface area (Å²) in [5.74, 6) is 0. The first-order chi connectivity index (χ1) is 12.4. The lowest BCUT2D eigenvalue weighted by atomic mass is 10.1. The first-order valence-electron chi connectivity index (χ1n) is 9.08. The maximum absolute atomic E-state index is 4.75. The van der Waals surface area contributed by atoms with Crippen molar-refractivity contribution in [3.8, 4) is 0 Å². The third-order valence-electron chi connectivity index (χ3n) is 4.68. The molecule has 0 aliphatic carbocycles. The number of unbranched alkanes of at least 4 members (excludes halogenated alkanes) is 2. The van der Waals surface area contributed by atoms with Gasteiger partial charge in [0, 0.05) is 22.2 Å². The van der Waals surface area contributed by atoms with Gasteiger partial charge in [0.05, 0.1) is 11.0 Å². The molecule has 0 fully saturated rings. The molecule has 0 saturated carbocycles. The van der Waals surface area contributed by atoms with Crippen molar-refractivity contribution >= 4 is 21.8 Å². The molecule has 4 rings (SSSR count). The second kappa shape index (κ2) is 7.43. The van der Waals surface area contributed by atoms with Crippen LogP contribution in [0, 0.1) is 0 Å². The Morgan fingerprint density at radius 2 is 0.960 bits per heavy atom. The number of fused-ring (bicyclic) bond motifs is 2. The standard InChI is InChI=1S/C23H22N2/c1(2-10-20-16-14-18-8-4-6-12-22(18)24-20)3-11-21-17-15-19-9-5-7-13-23(19)25-21/h4-9,12-17H,1-3,10-11H2. The fourth-order valence-corrected chi connectivity index (χ4v) is 3.28. The zero-order valence-electron chi connectivity index (χ0n) is 14.4. The van der Waals surface area contributed by atoms with Crippen molar-refractivity contribution in [2.75, 3.05) is 0 Å². The Labute approximate surface area is 148 Å². The van der Waals surface area contributed by atoms with Gasteiger partial charge in [-0.15, -0.1) is 0 Å². The van der Waals surface area contributed by atoms with Crippen LogP contribution in [0.2, 0.25) is 0 Å². The van der Waals surface area contributed by atoms with E-state index in [1.54, 1.807) is 0 Å². The highest BCUT2D eigenvalue weighted by atomic mass is 14.7. The first-order valence-corrected chi connectivity index (χ1v) is 9.08. The van der Waals surface area contributed by atoms with Gasteiger partial charge in [0.15, 0.2) is 0 Å². The predicted octanol–water partition coefficient (Wildman–Crippen LogP) is 5.74. The topological polar surface area (TPSA) is 25.8 Å². The maximum Gasteiger partial charge on any atom is 0.0705 e. The number of hydrogen-bond acceptors (Lipinski definition) is 2. The lowest BCUT2D eigenvalue weighted by Crippen LogP contribution is -1.94. The highest BCUT2D eigenvalue weighted by molar-refractivity contribution is 5.79. The van der Waals surface area contributed by atoms with E-state index in [-0.39, 0.29) is 0 Å². The van der Waals surface area contributed by atoms with Gasteiger partial charge >= 0.3 is 0 Å². The fraction of sp³-hybridized carbons (Fsp3) is 0.217. The Hall–Kier alpha value is -2.74. The van der Waals surface area contributed by atoms with E-state index >= 15 is 0 Å². The molecular formula is C23H22N2. The molecule has 0 aliphatic heterocycles. The number of nitrogens with zero attached hydrogens (tertiary/aromatic N) is 2. The van der Waals surface area contributed by atoms with Gasteiger partial charge in [0.1, 0.15) is 0 Å². The van der Waals surface area contributed by atoms with Gasteiger partial charge in [-0.1, -0.05) is 55.0 Å². The summed E-state index contributed by atoms with van der Waals surface area (Å²) in [4.78, 5) is 9.51. The average molecular weight is 326 g/mol. The highest BCUT2D eigenvalue weighted by Crippen LogP contribution is 2.15. The average Bonchev–Trinajstić information content (AvgIpc) is 2.67. The van der Waals surface area contributed by atoms with E-state index in [0.717, 1.165) is 23.9 Å². The van der Waals surface area contributed by atoms with Crippen LogP contribution < -0.4 is 0 Å². The molecule has 0 N–H and O–H groups in total. The molecule has 4 aromatic rings. The van der Waals surface area contributed by atoms with E-state index < -0.39 is 0 Å². The molecule has 0 atom stereocenters. The molecule has 0 aliphatic rings. The summed E-state index contributed by atoms with van der Waals surface area (Å²) < 4.78 is 0. The number of benzene rings is 2. The lowest BCUT2D eigenvalue weighted by molar-refractivity contribution is 0.667. The van der Waals surface area contributed by atoms with Crippen molar-refractivity contribution in [3.63, 3.8) is 0 Å². The van der Waals surface area contributed by atoms with Gasteiger partial charge in [0.2, 0.25) is 0 Å². The van der Waals surface area contributed by atoms with Crippen LogP contribution in [-0.4, -0.2) is 9.97 Å². The van der Waals surface area contributed by atoms with E-state index in [1.807, 2.05) is 0 Å². The molecule has 0 amide bonds. The van der Waals surface area contributed by atoms with Crippen molar-refractivity contribution in [2.24, 2.45) is 0 Å². The zero-order chi connectivity index (χ0) is 16.9. The number of rotatable bonds is 6. The number of aryl methyl sites for hydroxylation is 2. The first kappa shape index (κ1) is 15.8.